The Morgan fingerprint density at radius 2 is 2.41 bits per heavy atom. The smallest absolute Gasteiger partial charge is 0.278 e. The molecule has 1 aromatic heterocycles. The predicted octanol–water partition coefficient (Wildman–Crippen LogP) is 1.95. The minimum absolute atomic E-state index is 0.166. The number of hydrogen-bond acceptors (Lipinski definition) is 3. The van der Waals surface area contributed by atoms with Gasteiger partial charge >= 0.3 is 0 Å². The molecule has 1 saturated heterocycles. The van der Waals surface area contributed by atoms with Crippen molar-refractivity contribution in [2.24, 2.45) is 0 Å². The summed E-state index contributed by atoms with van der Waals surface area (Å²) in [5.74, 6) is 0. The maximum Gasteiger partial charge on any atom is 0.278 e. The van der Waals surface area contributed by atoms with Gasteiger partial charge in [-0.15, -0.1) is 0 Å². The second-order valence-electron chi connectivity index (χ2n) is 4.87. The third-order valence-corrected chi connectivity index (χ3v) is 3.93. The minimum atomic E-state index is -0.166. The number of H-pyrrole nitrogens is 1. The number of aromatic amines is 1. The van der Waals surface area contributed by atoms with Gasteiger partial charge in [0.15, 0.2) is 0 Å². The quantitative estimate of drug-likeness (QED) is 0.928. The highest BCUT2D eigenvalue weighted by atomic mass is 79.9. The first-order chi connectivity index (χ1) is 8.08. The van der Waals surface area contributed by atoms with Gasteiger partial charge in [0.2, 0.25) is 0 Å². The molecular weight excluding hydrogens is 282 g/mol. The highest BCUT2D eigenvalue weighted by Crippen LogP contribution is 2.22. The molecular formula is C12H18BrN3O. The van der Waals surface area contributed by atoms with Gasteiger partial charge in [-0.1, -0.05) is 0 Å². The molecule has 2 rings (SSSR count). The Morgan fingerprint density at radius 3 is 3.06 bits per heavy atom. The number of nitrogens with zero attached hydrogens (tertiary/aromatic N) is 2. The first-order valence-electron chi connectivity index (χ1n) is 6.08. The molecule has 17 heavy (non-hydrogen) atoms. The molecule has 1 unspecified atom stereocenters. The summed E-state index contributed by atoms with van der Waals surface area (Å²) in [6, 6.07) is 2.96. The molecule has 0 radical (unpaired) electrons. The van der Waals surface area contributed by atoms with Gasteiger partial charge in [0, 0.05) is 18.5 Å². The maximum atomic E-state index is 11.2. The van der Waals surface area contributed by atoms with E-state index in [1.54, 1.807) is 0 Å². The topological polar surface area (TPSA) is 49.0 Å². The fraction of sp³-hybridized carbons (Fsp3) is 0.667. The van der Waals surface area contributed by atoms with Gasteiger partial charge < -0.3 is 0 Å². The van der Waals surface area contributed by atoms with E-state index in [0.717, 1.165) is 12.1 Å². The van der Waals surface area contributed by atoms with Crippen LogP contribution in [0.15, 0.2) is 15.3 Å². The number of aromatic nitrogens is 2. The second kappa shape index (κ2) is 5.31. The summed E-state index contributed by atoms with van der Waals surface area (Å²) in [5.41, 5.74) is 0.787. The van der Waals surface area contributed by atoms with Crippen LogP contribution in [0, 0.1) is 0 Å². The molecule has 2 heterocycles. The van der Waals surface area contributed by atoms with Crippen molar-refractivity contribution in [2.75, 3.05) is 6.54 Å². The lowest BCUT2D eigenvalue weighted by Crippen LogP contribution is -2.37. The fourth-order valence-electron chi connectivity index (χ4n) is 2.52. The molecule has 1 N–H and O–H groups in total. The average Bonchev–Trinajstić information content (AvgIpc) is 2.72. The number of halogens is 1. The second-order valence-corrected chi connectivity index (χ2v) is 5.72. The van der Waals surface area contributed by atoms with Crippen LogP contribution >= 0.6 is 15.9 Å². The van der Waals surface area contributed by atoms with Crippen LogP contribution in [0.25, 0.3) is 0 Å². The van der Waals surface area contributed by atoms with Crippen LogP contribution < -0.4 is 5.56 Å². The van der Waals surface area contributed by atoms with Crippen molar-refractivity contribution in [1.82, 2.24) is 15.1 Å². The van der Waals surface area contributed by atoms with E-state index >= 15 is 0 Å². The third-order valence-electron chi connectivity index (χ3n) is 3.34. The molecule has 1 aliphatic rings. The van der Waals surface area contributed by atoms with Crippen molar-refractivity contribution < 1.29 is 0 Å². The maximum absolute atomic E-state index is 11.2. The van der Waals surface area contributed by atoms with Crippen LogP contribution in [0.2, 0.25) is 0 Å². The summed E-state index contributed by atoms with van der Waals surface area (Å²) >= 11 is 3.24. The molecule has 0 aliphatic carbocycles. The Morgan fingerprint density at radius 1 is 1.65 bits per heavy atom. The molecule has 0 bridgehead atoms. The van der Waals surface area contributed by atoms with Crippen molar-refractivity contribution in [3.05, 3.63) is 26.6 Å². The van der Waals surface area contributed by atoms with Gasteiger partial charge in [0.05, 0.1) is 10.2 Å². The molecule has 4 nitrogen and oxygen atoms in total. The fourth-order valence-corrected chi connectivity index (χ4v) is 2.88. The molecule has 1 atom stereocenters. The van der Waals surface area contributed by atoms with E-state index < -0.39 is 0 Å². The normalized spacial score (nSPS) is 21.3. The van der Waals surface area contributed by atoms with Crippen LogP contribution in [0.5, 0.6) is 0 Å². The standard InChI is InChI=1S/C12H18BrN3O/c1-8(2)16-5-3-4-10(16)6-9-7-11(13)12(17)15-14-9/h7-8,10H,3-6H2,1-2H3,(H,15,17). The zero-order valence-electron chi connectivity index (χ0n) is 10.2. The molecule has 1 aliphatic heterocycles. The number of rotatable bonds is 3. The largest absolute Gasteiger partial charge is 0.298 e. The first-order valence-corrected chi connectivity index (χ1v) is 6.87. The highest BCUT2D eigenvalue weighted by Gasteiger charge is 2.26. The lowest BCUT2D eigenvalue weighted by molar-refractivity contribution is 0.201. The third kappa shape index (κ3) is 2.96. The van der Waals surface area contributed by atoms with Gasteiger partial charge in [-0.05, 0) is 55.2 Å². The minimum Gasteiger partial charge on any atom is -0.298 e. The molecule has 1 fully saturated rings. The Kier molecular flexibility index (Phi) is 3.99. The van der Waals surface area contributed by atoms with E-state index in [9.17, 15) is 4.79 Å². The number of hydrogen-bond donors (Lipinski definition) is 1. The summed E-state index contributed by atoms with van der Waals surface area (Å²) in [6.07, 6.45) is 3.39. The first kappa shape index (κ1) is 12.8. The molecule has 0 saturated carbocycles. The molecule has 0 aromatic carbocycles. The van der Waals surface area contributed by atoms with Gasteiger partial charge in [-0.25, -0.2) is 5.10 Å². The van der Waals surface area contributed by atoms with Crippen molar-refractivity contribution in [3.8, 4) is 0 Å². The van der Waals surface area contributed by atoms with Crippen LogP contribution in [-0.4, -0.2) is 33.7 Å². The van der Waals surface area contributed by atoms with Gasteiger partial charge in [-0.2, -0.15) is 5.10 Å². The predicted molar refractivity (Wildman–Crippen MR) is 71.1 cm³/mol. The molecule has 5 heteroatoms. The van der Waals surface area contributed by atoms with Crippen molar-refractivity contribution in [3.63, 3.8) is 0 Å². The van der Waals surface area contributed by atoms with Gasteiger partial charge in [0.25, 0.3) is 5.56 Å². The average molecular weight is 300 g/mol. The molecule has 0 spiro atoms. The Bertz CT molecular complexity index is 444. The van der Waals surface area contributed by atoms with E-state index in [1.807, 2.05) is 6.07 Å². The molecule has 94 valence electrons. The Balaban J connectivity index is 2.09. The van der Waals surface area contributed by atoms with Crippen LogP contribution in [0.4, 0.5) is 0 Å². The van der Waals surface area contributed by atoms with Crippen LogP contribution in [0.1, 0.15) is 32.4 Å². The highest BCUT2D eigenvalue weighted by molar-refractivity contribution is 9.10. The number of nitrogens with one attached hydrogen (secondary N) is 1. The monoisotopic (exact) mass is 299 g/mol. The lowest BCUT2D eigenvalue weighted by Gasteiger charge is -2.27. The molecule has 0 amide bonds. The van der Waals surface area contributed by atoms with Gasteiger partial charge in [0.1, 0.15) is 0 Å². The molecule has 1 aromatic rings. The van der Waals surface area contributed by atoms with Crippen molar-refractivity contribution >= 4 is 15.9 Å². The summed E-state index contributed by atoms with van der Waals surface area (Å²) in [5, 5.41) is 6.62. The Hall–Kier alpha value is -0.680. The SMILES string of the molecule is CC(C)N1CCCC1Cc1cc(Br)c(=O)[nH]n1. The van der Waals surface area contributed by atoms with E-state index in [1.165, 1.54) is 19.4 Å². The summed E-state index contributed by atoms with van der Waals surface area (Å²) in [7, 11) is 0. The number of likely N-dealkylation sites (tertiary alicyclic amines) is 1. The van der Waals surface area contributed by atoms with Crippen molar-refractivity contribution in [2.45, 2.75) is 45.2 Å². The zero-order chi connectivity index (χ0) is 12.4. The Labute approximate surface area is 110 Å². The van der Waals surface area contributed by atoms with Crippen molar-refractivity contribution in [1.29, 1.82) is 0 Å². The summed E-state index contributed by atoms with van der Waals surface area (Å²) < 4.78 is 0.566. The van der Waals surface area contributed by atoms with E-state index in [4.69, 9.17) is 0 Å². The zero-order valence-corrected chi connectivity index (χ0v) is 11.8. The van der Waals surface area contributed by atoms with Crippen LogP contribution in [0.3, 0.4) is 0 Å². The van der Waals surface area contributed by atoms with Crippen LogP contribution in [-0.2, 0) is 6.42 Å². The summed E-state index contributed by atoms with van der Waals surface area (Å²) in [4.78, 5) is 13.7. The summed E-state index contributed by atoms with van der Waals surface area (Å²) in [6.45, 7) is 5.63. The lowest BCUT2D eigenvalue weighted by atomic mass is 10.1. The van der Waals surface area contributed by atoms with E-state index in [-0.39, 0.29) is 5.56 Å². The van der Waals surface area contributed by atoms with Gasteiger partial charge in [-0.3, -0.25) is 9.69 Å². The van der Waals surface area contributed by atoms with E-state index in [2.05, 4.69) is 44.9 Å². The van der Waals surface area contributed by atoms with E-state index in [0.29, 0.717) is 16.6 Å².